The molecule has 0 radical (unpaired) electrons. The van der Waals surface area contributed by atoms with E-state index in [4.69, 9.17) is 0 Å². The number of thiophene rings is 1. The zero-order chi connectivity index (χ0) is 17.1. The van der Waals surface area contributed by atoms with E-state index in [0.29, 0.717) is 17.4 Å². The highest BCUT2D eigenvalue weighted by Crippen LogP contribution is 2.29. The molecule has 0 aliphatic rings. The Morgan fingerprint density at radius 1 is 1.33 bits per heavy atom. The Balaban J connectivity index is 1.58. The third-order valence-electron chi connectivity index (χ3n) is 3.36. The molecular formula is C17H14BrFN2OS2. The van der Waals surface area contributed by atoms with Gasteiger partial charge in [-0.2, -0.15) is 0 Å². The summed E-state index contributed by atoms with van der Waals surface area (Å²) in [5.74, 6) is -0.922. The molecular weight excluding hydrogens is 411 g/mol. The van der Waals surface area contributed by atoms with E-state index in [2.05, 4.69) is 26.2 Å². The maximum Gasteiger partial charge on any atom is 0.254 e. The van der Waals surface area contributed by atoms with Crippen molar-refractivity contribution in [3.8, 4) is 10.6 Å². The smallest absolute Gasteiger partial charge is 0.254 e. The van der Waals surface area contributed by atoms with E-state index in [1.165, 1.54) is 12.1 Å². The minimum absolute atomic E-state index is 0.0502. The van der Waals surface area contributed by atoms with E-state index in [1.54, 1.807) is 28.7 Å². The minimum atomic E-state index is -0.520. The number of rotatable bonds is 5. The average Bonchev–Trinajstić information content (AvgIpc) is 3.18. The molecule has 24 heavy (non-hydrogen) atoms. The maximum absolute atomic E-state index is 13.7. The second-order valence-electron chi connectivity index (χ2n) is 5.15. The molecule has 0 aliphatic heterocycles. The van der Waals surface area contributed by atoms with Gasteiger partial charge in [0.05, 0.1) is 21.1 Å². The van der Waals surface area contributed by atoms with Crippen LogP contribution in [0.1, 0.15) is 20.2 Å². The fourth-order valence-electron chi connectivity index (χ4n) is 2.19. The van der Waals surface area contributed by atoms with Crippen LogP contribution in [-0.4, -0.2) is 17.4 Å². The number of amides is 1. The molecule has 0 saturated heterocycles. The van der Waals surface area contributed by atoms with Crippen LogP contribution >= 0.6 is 38.6 Å². The summed E-state index contributed by atoms with van der Waals surface area (Å²) in [4.78, 5) is 18.8. The first-order valence-corrected chi connectivity index (χ1v) is 9.76. The van der Waals surface area contributed by atoms with Gasteiger partial charge in [-0.1, -0.05) is 15.9 Å². The van der Waals surface area contributed by atoms with Gasteiger partial charge < -0.3 is 5.32 Å². The van der Waals surface area contributed by atoms with Crippen molar-refractivity contribution in [2.24, 2.45) is 0 Å². The first-order valence-electron chi connectivity index (χ1n) is 7.27. The molecule has 2 aromatic heterocycles. The number of nitrogens with one attached hydrogen (secondary N) is 1. The van der Waals surface area contributed by atoms with Gasteiger partial charge in [0.2, 0.25) is 0 Å². The lowest BCUT2D eigenvalue weighted by Crippen LogP contribution is -2.26. The van der Waals surface area contributed by atoms with E-state index in [9.17, 15) is 9.18 Å². The Hall–Kier alpha value is -1.57. The summed E-state index contributed by atoms with van der Waals surface area (Å²) in [5.41, 5.74) is 1.04. The van der Waals surface area contributed by atoms with Gasteiger partial charge in [0.15, 0.2) is 0 Å². The lowest BCUT2D eigenvalue weighted by Gasteiger charge is -2.06. The van der Waals surface area contributed by atoms with Crippen LogP contribution in [0.2, 0.25) is 0 Å². The molecule has 0 atom stereocenters. The topological polar surface area (TPSA) is 42.0 Å². The molecule has 0 fully saturated rings. The number of nitrogens with zero attached hydrogens (tertiary/aromatic N) is 1. The molecule has 0 unspecified atom stereocenters. The van der Waals surface area contributed by atoms with Crippen LogP contribution in [0.25, 0.3) is 10.6 Å². The summed E-state index contributed by atoms with van der Waals surface area (Å²) >= 11 is 6.54. The Bertz CT molecular complexity index is 875. The molecule has 1 aromatic carbocycles. The summed E-state index contributed by atoms with van der Waals surface area (Å²) in [7, 11) is 0. The summed E-state index contributed by atoms with van der Waals surface area (Å²) in [6.07, 6.45) is 0.704. The second-order valence-corrected chi connectivity index (χ2v) is 8.29. The highest BCUT2D eigenvalue weighted by atomic mass is 79.9. The van der Waals surface area contributed by atoms with Gasteiger partial charge in [-0.05, 0) is 43.7 Å². The van der Waals surface area contributed by atoms with E-state index >= 15 is 0 Å². The first-order chi connectivity index (χ1) is 11.5. The zero-order valence-corrected chi connectivity index (χ0v) is 16.0. The van der Waals surface area contributed by atoms with E-state index in [-0.39, 0.29) is 5.56 Å². The second kappa shape index (κ2) is 7.55. The summed E-state index contributed by atoms with van der Waals surface area (Å²) < 4.78 is 14.4. The van der Waals surface area contributed by atoms with Crippen molar-refractivity contribution in [3.05, 3.63) is 61.5 Å². The van der Waals surface area contributed by atoms with Crippen LogP contribution in [-0.2, 0) is 6.42 Å². The number of benzene rings is 1. The van der Waals surface area contributed by atoms with Crippen LogP contribution in [0, 0.1) is 12.7 Å². The molecule has 3 nitrogen and oxygen atoms in total. The molecule has 0 aliphatic carbocycles. The highest BCUT2D eigenvalue weighted by molar-refractivity contribution is 9.10. The molecule has 3 aromatic rings. The first kappa shape index (κ1) is 17.3. The normalized spacial score (nSPS) is 10.8. The molecule has 124 valence electrons. The quantitative estimate of drug-likeness (QED) is 0.622. The number of aromatic nitrogens is 1. The molecule has 1 amide bonds. The Kier molecular flexibility index (Phi) is 5.43. The van der Waals surface area contributed by atoms with Gasteiger partial charge in [0, 0.05) is 21.3 Å². The minimum Gasteiger partial charge on any atom is -0.352 e. The predicted octanol–water partition coefficient (Wildman–Crippen LogP) is 5.05. The lowest BCUT2D eigenvalue weighted by molar-refractivity contribution is 0.0950. The molecule has 7 heteroatoms. The number of carbonyl (C=O) groups excluding carboxylic acids is 1. The van der Waals surface area contributed by atoms with Crippen molar-refractivity contribution in [2.45, 2.75) is 13.3 Å². The molecule has 0 saturated carbocycles. The van der Waals surface area contributed by atoms with Gasteiger partial charge in [-0.15, -0.1) is 22.7 Å². The summed E-state index contributed by atoms with van der Waals surface area (Å²) in [6, 6.07) is 8.42. The van der Waals surface area contributed by atoms with Crippen molar-refractivity contribution in [1.29, 1.82) is 0 Å². The van der Waals surface area contributed by atoms with Gasteiger partial charge >= 0.3 is 0 Å². The predicted molar refractivity (Wildman–Crippen MR) is 100 cm³/mol. The highest BCUT2D eigenvalue weighted by Gasteiger charge is 2.12. The average molecular weight is 425 g/mol. The lowest BCUT2D eigenvalue weighted by atomic mass is 10.2. The van der Waals surface area contributed by atoms with Crippen LogP contribution in [0.3, 0.4) is 0 Å². The molecule has 3 rings (SSSR count). The molecule has 0 spiro atoms. The van der Waals surface area contributed by atoms with Gasteiger partial charge in [0.1, 0.15) is 5.82 Å². The number of carbonyl (C=O) groups is 1. The fraction of sp³-hybridized carbons (Fsp3) is 0.176. The van der Waals surface area contributed by atoms with Crippen molar-refractivity contribution in [1.82, 2.24) is 10.3 Å². The number of halogens is 2. The summed E-state index contributed by atoms with van der Waals surface area (Å²) in [5, 5.41) is 5.85. The van der Waals surface area contributed by atoms with Crippen LogP contribution < -0.4 is 5.32 Å². The molecule has 0 bridgehead atoms. The number of aryl methyl sites for hydroxylation is 1. The van der Waals surface area contributed by atoms with E-state index < -0.39 is 11.7 Å². The van der Waals surface area contributed by atoms with Gasteiger partial charge in [-0.25, -0.2) is 9.37 Å². The van der Waals surface area contributed by atoms with E-state index in [0.717, 1.165) is 20.5 Å². The van der Waals surface area contributed by atoms with Crippen LogP contribution in [0.4, 0.5) is 4.39 Å². The van der Waals surface area contributed by atoms with Crippen molar-refractivity contribution >= 4 is 44.5 Å². The Morgan fingerprint density at radius 3 is 2.92 bits per heavy atom. The summed E-state index contributed by atoms with van der Waals surface area (Å²) in [6.45, 7) is 2.44. The number of hydrogen-bond donors (Lipinski definition) is 1. The fourth-order valence-corrected chi connectivity index (χ4v) is 4.21. The third-order valence-corrected chi connectivity index (χ3v) is 5.80. The van der Waals surface area contributed by atoms with Gasteiger partial charge in [-0.3, -0.25) is 4.79 Å². The standard InChI is InChI=1S/C17H14BrFN2OS2/c1-10-21-15(9-23-10)16-5-3-12(24-16)6-7-20-17(22)13-8-11(18)2-4-14(13)19/h2-5,8-9H,6-7H2,1H3,(H,20,22). The number of hydrogen-bond acceptors (Lipinski definition) is 4. The SMILES string of the molecule is Cc1nc(-c2ccc(CCNC(=O)c3cc(Br)ccc3F)s2)cs1. The van der Waals surface area contributed by atoms with Crippen molar-refractivity contribution < 1.29 is 9.18 Å². The largest absolute Gasteiger partial charge is 0.352 e. The third kappa shape index (κ3) is 4.09. The van der Waals surface area contributed by atoms with E-state index in [1.807, 2.05) is 24.4 Å². The zero-order valence-electron chi connectivity index (χ0n) is 12.8. The van der Waals surface area contributed by atoms with Gasteiger partial charge in [0.25, 0.3) is 5.91 Å². The van der Waals surface area contributed by atoms with Crippen molar-refractivity contribution in [2.75, 3.05) is 6.54 Å². The molecule has 1 N–H and O–H groups in total. The van der Waals surface area contributed by atoms with Crippen molar-refractivity contribution in [3.63, 3.8) is 0 Å². The van der Waals surface area contributed by atoms with Crippen LogP contribution in [0.5, 0.6) is 0 Å². The maximum atomic E-state index is 13.7. The Labute approximate surface area is 155 Å². The van der Waals surface area contributed by atoms with Crippen LogP contribution in [0.15, 0.2) is 40.2 Å². The monoisotopic (exact) mass is 424 g/mol. The molecule has 2 heterocycles. The number of thiazole rings is 1. The Morgan fingerprint density at radius 2 is 2.17 bits per heavy atom.